The maximum absolute atomic E-state index is 13.8. The second-order valence-corrected chi connectivity index (χ2v) is 7.54. The number of hydrogen-bond acceptors (Lipinski definition) is 3. The van der Waals surface area contributed by atoms with Crippen LogP contribution < -0.4 is 10.6 Å². The highest BCUT2D eigenvalue weighted by molar-refractivity contribution is 6.05. The van der Waals surface area contributed by atoms with Crippen molar-refractivity contribution in [3.63, 3.8) is 0 Å². The summed E-state index contributed by atoms with van der Waals surface area (Å²) in [5.74, 6) is -1.67. The zero-order chi connectivity index (χ0) is 25.3. The number of halogens is 6. The number of benzene rings is 2. The van der Waals surface area contributed by atoms with E-state index in [1.54, 1.807) is 13.8 Å². The average Bonchev–Trinajstić information content (AvgIpc) is 3.20. The molecule has 0 atom stereocenters. The predicted molar refractivity (Wildman–Crippen MR) is 111 cm³/mol. The van der Waals surface area contributed by atoms with Gasteiger partial charge in [-0.2, -0.15) is 31.4 Å². The molecule has 0 bridgehead atoms. The predicted octanol–water partition coefficient (Wildman–Crippen LogP) is 5.76. The highest BCUT2D eigenvalue weighted by atomic mass is 19.4. The molecule has 0 aliphatic heterocycles. The van der Waals surface area contributed by atoms with E-state index in [0.717, 1.165) is 12.1 Å². The minimum Gasteiger partial charge on any atom is -0.326 e. The zero-order valence-corrected chi connectivity index (χ0v) is 17.8. The fraction of sp³-hybridized carbons (Fsp3) is 0.227. The standard InChI is InChI=1S/C22H18F6N4O2/c1-12(2)19(33)30-14-6-8-15(9-7-14)31-20(34)17-11-29-32(18(17)22(26,27)28)16-5-3-4-13(10-16)21(23,24)25/h3-12H,1-2H3,(H,30,33)(H,31,34). The molecule has 12 heteroatoms. The van der Waals surface area contributed by atoms with E-state index in [1.807, 2.05) is 0 Å². The van der Waals surface area contributed by atoms with Gasteiger partial charge in [-0.05, 0) is 42.5 Å². The first-order valence-corrected chi connectivity index (χ1v) is 9.82. The molecule has 1 aromatic heterocycles. The topological polar surface area (TPSA) is 76.0 Å². The number of alkyl halides is 6. The van der Waals surface area contributed by atoms with Crippen molar-refractivity contribution in [1.29, 1.82) is 0 Å². The molecule has 6 nitrogen and oxygen atoms in total. The molecule has 180 valence electrons. The average molecular weight is 484 g/mol. The summed E-state index contributed by atoms with van der Waals surface area (Å²) >= 11 is 0. The van der Waals surface area contributed by atoms with Crippen LogP contribution in [-0.4, -0.2) is 21.6 Å². The summed E-state index contributed by atoms with van der Waals surface area (Å²) in [6.07, 6.45) is -9.24. The monoisotopic (exact) mass is 484 g/mol. The first kappa shape index (κ1) is 24.8. The third-order valence-corrected chi connectivity index (χ3v) is 4.64. The number of rotatable bonds is 5. The third-order valence-electron chi connectivity index (χ3n) is 4.64. The van der Waals surface area contributed by atoms with Crippen molar-refractivity contribution in [2.45, 2.75) is 26.2 Å². The van der Waals surface area contributed by atoms with Crippen LogP contribution in [0.2, 0.25) is 0 Å². The lowest BCUT2D eigenvalue weighted by atomic mass is 10.1. The second-order valence-electron chi connectivity index (χ2n) is 7.54. The van der Waals surface area contributed by atoms with Crippen molar-refractivity contribution in [2.24, 2.45) is 5.92 Å². The van der Waals surface area contributed by atoms with Crippen LogP contribution in [0.1, 0.15) is 35.5 Å². The highest BCUT2D eigenvalue weighted by Gasteiger charge is 2.41. The molecule has 0 spiro atoms. The summed E-state index contributed by atoms with van der Waals surface area (Å²) in [6, 6.07) is 8.83. The Kier molecular flexibility index (Phi) is 6.71. The largest absolute Gasteiger partial charge is 0.434 e. The third kappa shape index (κ3) is 5.56. The van der Waals surface area contributed by atoms with Crippen LogP contribution in [0, 0.1) is 5.92 Å². The summed E-state index contributed by atoms with van der Waals surface area (Å²) in [6.45, 7) is 3.39. The van der Waals surface area contributed by atoms with Crippen molar-refractivity contribution in [2.75, 3.05) is 10.6 Å². The van der Waals surface area contributed by atoms with Gasteiger partial charge in [-0.1, -0.05) is 19.9 Å². The Morgan fingerprint density at radius 3 is 2.00 bits per heavy atom. The highest BCUT2D eigenvalue weighted by Crippen LogP contribution is 2.36. The Labute approximate surface area is 189 Å². The Morgan fingerprint density at radius 2 is 1.47 bits per heavy atom. The molecule has 3 rings (SSSR count). The number of nitrogens with one attached hydrogen (secondary N) is 2. The lowest BCUT2D eigenvalue weighted by Crippen LogP contribution is -2.21. The molecule has 0 unspecified atom stereocenters. The Hall–Kier alpha value is -3.83. The van der Waals surface area contributed by atoms with Gasteiger partial charge in [-0.25, -0.2) is 4.68 Å². The summed E-state index contributed by atoms with van der Waals surface area (Å²) in [5.41, 5.74) is -3.51. The van der Waals surface area contributed by atoms with Crippen molar-refractivity contribution >= 4 is 23.2 Å². The minimum absolute atomic E-state index is 0.132. The molecule has 0 saturated heterocycles. The molecule has 0 aliphatic carbocycles. The summed E-state index contributed by atoms with van der Waals surface area (Å²) in [5, 5.41) is 8.44. The van der Waals surface area contributed by atoms with Crippen LogP contribution in [0.25, 0.3) is 5.69 Å². The number of amides is 2. The fourth-order valence-corrected chi connectivity index (χ4v) is 2.92. The van der Waals surface area contributed by atoms with E-state index < -0.39 is 40.8 Å². The van der Waals surface area contributed by atoms with Crippen molar-refractivity contribution in [1.82, 2.24) is 9.78 Å². The molecule has 2 aromatic carbocycles. The van der Waals surface area contributed by atoms with Gasteiger partial charge in [0.05, 0.1) is 23.0 Å². The quantitative estimate of drug-likeness (QED) is 0.453. The van der Waals surface area contributed by atoms with Crippen molar-refractivity contribution in [3.8, 4) is 5.69 Å². The molecule has 3 aromatic rings. The van der Waals surface area contributed by atoms with Gasteiger partial charge in [0.15, 0.2) is 5.69 Å². The van der Waals surface area contributed by atoms with Gasteiger partial charge < -0.3 is 10.6 Å². The molecule has 34 heavy (non-hydrogen) atoms. The van der Waals surface area contributed by atoms with Crippen LogP contribution in [-0.2, 0) is 17.1 Å². The van der Waals surface area contributed by atoms with Gasteiger partial charge >= 0.3 is 12.4 Å². The van der Waals surface area contributed by atoms with E-state index in [9.17, 15) is 35.9 Å². The zero-order valence-electron chi connectivity index (χ0n) is 17.8. The molecule has 2 amide bonds. The molecular weight excluding hydrogens is 466 g/mol. The van der Waals surface area contributed by atoms with E-state index in [1.165, 1.54) is 24.3 Å². The molecule has 0 fully saturated rings. The van der Waals surface area contributed by atoms with Gasteiger partial charge in [-0.3, -0.25) is 9.59 Å². The Morgan fingerprint density at radius 1 is 0.882 bits per heavy atom. The summed E-state index contributed by atoms with van der Waals surface area (Å²) in [4.78, 5) is 24.3. The molecule has 0 aliphatic rings. The molecular formula is C22H18F6N4O2. The van der Waals surface area contributed by atoms with Crippen LogP contribution in [0.5, 0.6) is 0 Å². The molecule has 2 N–H and O–H groups in total. The lowest BCUT2D eigenvalue weighted by molar-refractivity contribution is -0.143. The lowest BCUT2D eigenvalue weighted by Gasteiger charge is -2.14. The van der Waals surface area contributed by atoms with E-state index >= 15 is 0 Å². The number of hydrogen-bond donors (Lipinski definition) is 2. The summed E-state index contributed by atoms with van der Waals surface area (Å²) in [7, 11) is 0. The fourth-order valence-electron chi connectivity index (χ4n) is 2.92. The minimum atomic E-state index is -5.09. The number of nitrogens with zero attached hydrogens (tertiary/aromatic N) is 2. The smallest absolute Gasteiger partial charge is 0.326 e. The van der Waals surface area contributed by atoms with Crippen LogP contribution in [0.3, 0.4) is 0 Å². The van der Waals surface area contributed by atoms with Crippen LogP contribution in [0.15, 0.2) is 54.7 Å². The number of carbonyl (C=O) groups excluding carboxylic acids is 2. The maximum atomic E-state index is 13.8. The molecule has 0 radical (unpaired) electrons. The maximum Gasteiger partial charge on any atom is 0.434 e. The van der Waals surface area contributed by atoms with Gasteiger partial charge in [0.2, 0.25) is 5.91 Å². The number of carbonyl (C=O) groups is 2. The van der Waals surface area contributed by atoms with E-state index in [4.69, 9.17) is 0 Å². The Bertz CT molecular complexity index is 1200. The first-order valence-electron chi connectivity index (χ1n) is 9.82. The van der Waals surface area contributed by atoms with E-state index in [-0.39, 0.29) is 22.2 Å². The van der Waals surface area contributed by atoms with Gasteiger partial charge in [0.1, 0.15) is 0 Å². The van der Waals surface area contributed by atoms with Crippen molar-refractivity contribution in [3.05, 3.63) is 71.5 Å². The Balaban J connectivity index is 1.90. The van der Waals surface area contributed by atoms with Crippen LogP contribution >= 0.6 is 0 Å². The second kappa shape index (κ2) is 9.20. The van der Waals surface area contributed by atoms with E-state index in [0.29, 0.717) is 24.0 Å². The molecule has 0 saturated carbocycles. The SMILES string of the molecule is CC(C)C(=O)Nc1ccc(NC(=O)c2cnn(-c3cccc(C(F)(F)F)c3)c2C(F)(F)F)cc1. The van der Waals surface area contributed by atoms with Gasteiger partial charge in [0.25, 0.3) is 5.91 Å². The normalized spacial score (nSPS) is 12.0. The van der Waals surface area contributed by atoms with E-state index in [2.05, 4.69) is 15.7 Å². The number of anilines is 2. The van der Waals surface area contributed by atoms with Gasteiger partial charge in [-0.15, -0.1) is 0 Å². The van der Waals surface area contributed by atoms with Gasteiger partial charge in [0, 0.05) is 17.3 Å². The number of aromatic nitrogens is 2. The molecule has 1 heterocycles. The van der Waals surface area contributed by atoms with Crippen molar-refractivity contribution < 1.29 is 35.9 Å². The summed E-state index contributed by atoms with van der Waals surface area (Å²) < 4.78 is 80.6. The first-order chi connectivity index (χ1) is 15.8. The van der Waals surface area contributed by atoms with Crippen LogP contribution in [0.4, 0.5) is 37.7 Å².